The Balaban J connectivity index is 1.36. The second-order valence-corrected chi connectivity index (χ2v) is 11.2. The third kappa shape index (κ3) is 3.40. The zero-order valence-corrected chi connectivity index (χ0v) is 16.0. The SMILES string of the molecule is CC(C)(C)C1CCN(CC2CC3(C2)CC(C(C)(C)C)C3)CC1. The van der Waals surface area contributed by atoms with Gasteiger partial charge in [0.25, 0.3) is 0 Å². The number of nitrogens with zero attached hydrogens (tertiary/aromatic N) is 1. The Labute approximate surface area is 139 Å². The molecular weight excluding hydrogens is 266 g/mol. The lowest BCUT2D eigenvalue weighted by Gasteiger charge is -2.61. The topological polar surface area (TPSA) is 3.24 Å². The second-order valence-electron chi connectivity index (χ2n) is 11.2. The molecule has 128 valence electrons. The monoisotopic (exact) mass is 305 g/mol. The quantitative estimate of drug-likeness (QED) is 0.642. The first-order chi connectivity index (χ1) is 10.1. The summed E-state index contributed by atoms with van der Waals surface area (Å²) in [6.07, 6.45) is 8.98. The van der Waals surface area contributed by atoms with Gasteiger partial charge in [0.1, 0.15) is 0 Å². The van der Waals surface area contributed by atoms with E-state index in [2.05, 4.69) is 46.4 Å². The van der Waals surface area contributed by atoms with E-state index in [9.17, 15) is 0 Å². The standard InChI is InChI=1S/C21H39N/c1-19(2,3)17-7-9-22(10-8-17)15-16-11-21(12-16)13-18(14-21)20(4,5)6/h16-18H,7-15H2,1-6H3. The molecule has 3 rings (SSSR count). The van der Waals surface area contributed by atoms with Crippen LogP contribution in [0.4, 0.5) is 0 Å². The first-order valence-electron chi connectivity index (χ1n) is 9.80. The molecule has 2 saturated carbocycles. The van der Waals surface area contributed by atoms with Gasteiger partial charge in [-0.1, -0.05) is 41.5 Å². The summed E-state index contributed by atoms with van der Waals surface area (Å²) >= 11 is 0. The van der Waals surface area contributed by atoms with Crippen molar-refractivity contribution in [3.05, 3.63) is 0 Å². The molecule has 0 N–H and O–H groups in total. The van der Waals surface area contributed by atoms with Crippen LogP contribution in [-0.2, 0) is 0 Å². The largest absolute Gasteiger partial charge is 0.303 e. The third-order valence-corrected chi connectivity index (χ3v) is 7.36. The number of likely N-dealkylation sites (tertiary alicyclic amines) is 1. The van der Waals surface area contributed by atoms with Crippen LogP contribution in [0.2, 0.25) is 0 Å². The molecule has 2 aliphatic carbocycles. The molecule has 22 heavy (non-hydrogen) atoms. The summed E-state index contributed by atoms with van der Waals surface area (Å²) in [5.41, 5.74) is 1.86. The number of piperidine rings is 1. The van der Waals surface area contributed by atoms with Gasteiger partial charge in [0.15, 0.2) is 0 Å². The first-order valence-corrected chi connectivity index (χ1v) is 9.80. The van der Waals surface area contributed by atoms with Crippen LogP contribution in [0.15, 0.2) is 0 Å². The van der Waals surface area contributed by atoms with Crippen LogP contribution >= 0.6 is 0 Å². The lowest BCUT2D eigenvalue weighted by molar-refractivity contribution is -0.110. The smallest absolute Gasteiger partial charge is 0.00101 e. The minimum Gasteiger partial charge on any atom is -0.303 e. The minimum absolute atomic E-state index is 0.514. The maximum absolute atomic E-state index is 2.78. The highest BCUT2D eigenvalue weighted by Gasteiger charge is 2.55. The van der Waals surface area contributed by atoms with Crippen molar-refractivity contribution in [1.29, 1.82) is 0 Å². The van der Waals surface area contributed by atoms with E-state index >= 15 is 0 Å². The molecule has 3 aliphatic rings. The zero-order valence-electron chi connectivity index (χ0n) is 16.0. The summed E-state index contributed by atoms with van der Waals surface area (Å²) in [4.78, 5) is 2.78. The van der Waals surface area contributed by atoms with E-state index in [1.54, 1.807) is 12.8 Å². The van der Waals surface area contributed by atoms with Crippen molar-refractivity contribution in [2.75, 3.05) is 19.6 Å². The predicted octanol–water partition coefficient (Wildman–Crippen LogP) is 5.60. The Morgan fingerprint density at radius 2 is 1.27 bits per heavy atom. The molecule has 1 nitrogen and oxygen atoms in total. The van der Waals surface area contributed by atoms with E-state index in [1.165, 1.54) is 45.3 Å². The Morgan fingerprint density at radius 1 is 0.773 bits per heavy atom. The highest BCUT2D eigenvalue weighted by Crippen LogP contribution is 2.64. The highest BCUT2D eigenvalue weighted by atomic mass is 15.1. The van der Waals surface area contributed by atoms with E-state index in [0.717, 1.165) is 23.2 Å². The summed E-state index contributed by atoms with van der Waals surface area (Å²) in [6.45, 7) is 18.7. The summed E-state index contributed by atoms with van der Waals surface area (Å²) in [5.74, 6) is 2.96. The van der Waals surface area contributed by atoms with Crippen molar-refractivity contribution < 1.29 is 0 Å². The molecule has 1 saturated heterocycles. The summed E-state index contributed by atoms with van der Waals surface area (Å²) < 4.78 is 0. The van der Waals surface area contributed by atoms with Crippen LogP contribution in [0.3, 0.4) is 0 Å². The number of rotatable bonds is 2. The fraction of sp³-hybridized carbons (Fsp3) is 1.00. The van der Waals surface area contributed by atoms with E-state index in [4.69, 9.17) is 0 Å². The van der Waals surface area contributed by atoms with Gasteiger partial charge in [0, 0.05) is 6.54 Å². The van der Waals surface area contributed by atoms with Crippen molar-refractivity contribution in [3.63, 3.8) is 0 Å². The van der Waals surface area contributed by atoms with Gasteiger partial charge < -0.3 is 4.90 Å². The molecule has 0 unspecified atom stereocenters. The van der Waals surface area contributed by atoms with Gasteiger partial charge in [-0.2, -0.15) is 0 Å². The van der Waals surface area contributed by atoms with Crippen LogP contribution in [0, 0.1) is 34.0 Å². The Morgan fingerprint density at radius 3 is 1.73 bits per heavy atom. The molecule has 0 amide bonds. The molecule has 0 bridgehead atoms. The van der Waals surface area contributed by atoms with Gasteiger partial charge in [-0.25, -0.2) is 0 Å². The fourth-order valence-corrected chi connectivity index (χ4v) is 5.57. The van der Waals surface area contributed by atoms with Crippen molar-refractivity contribution >= 4 is 0 Å². The molecule has 1 heteroatoms. The van der Waals surface area contributed by atoms with Gasteiger partial charge in [-0.05, 0) is 85.6 Å². The summed E-state index contributed by atoms with van der Waals surface area (Å²) in [5, 5.41) is 0. The van der Waals surface area contributed by atoms with Crippen LogP contribution in [0.5, 0.6) is 0 Å². The lowest BCUT2D eigenvalue weighted by atomic mass is 9.44. The van der Waals surface area contributed by atoms with Gasteiger partial charge in [-0.15, -0.1) is 0 Å². The lowest BCUT2D eigenvalue weighted by Crippen LogP contribution is -2.53. The van der Waals surface area contributed by atoms with Crippen molar-refractivity contribution in [2.45, 2.75) is 80.1 Å². The molecule has 0 aromatic heterocycles. The number of hydrogen-bond acceptors (Lipinski definition) is 1. The van der Waals surface area contributed by atoms with Crippen molar-refractivity contribution in [1.82, 2.24) is 4.90 Å². The maximum atomic E-state index is 2.78. The predicted molar refractivity (Wildman–Crippen MR) is 96.0 cm³/mol. The van der Waals surface area contributed by atoms with E-state index in [0.29, 0.717) is 10.8 Å². The molecule has 1 heterocycles. The molecule has 1 spiro atoms. The van der Waals surface area contributed by atoms with Crippen molar-refractivity contribution in [2.24, 2.45) is 34.0 Å². The van der Waals surface area contributed by atoms with Gasteiger partial charge in [-0.3, -0.25) is 0 Å². The van der Waals surface area contributed by atoms with E-state index in [1.807, 2.05) is 0 Å². The van der Waals surface area contributed by atoms with E-state index < -0.39 is 0 Å². The molecule has 0 radical (unpaired) electrons. The Bertz CT molecular complexity index is 375. The van der Waals surface area contributed by atoms with Gasteiger partial charge >= 0.3 is 0 Å². The average molecular weight is 306 g/mol. The molecule has 0 atom stereocenters. The van der Waals surface area contributed by atoms with Crippen LogP contribution in [0.1, 0.15) is 80.1 Å². The molecular formula is C21H39N. The van der Waals surface area contributed by atoms with E-state index in [-0.39, 0.29) is 0 Å². The molecule has 3 fully saturated rings. The normalized spacial score (nSPS) is 37.9. The van der Waals surface area contributed by atoms with Crippen LogP contribution in [-0.4, -0.2) is 24.5 Å². The second kappa shape index (κ2) is 5.50. The third-order valence-electron chi connectivity index (χ3n) is 7.36. The number of hydrogen-bond donors (Lipinski definition) is 0. The molecule has 0 aromatic rings. The zero-order chi connectivity index (χ0) is 16.2. The summed E-state index contributed by atoms with van der Waals surface area (Å²) in [6, 6.07) is 0. The van der Waals surface area contributed by atoms with Crippen molar-refractivity contribution in [3.8, 4) is 0 Å². The summed E-state index contributed by atoms with van der Waals surface area (Å²) in [7, 11) is 0. The Kier molecular flexibility index (Phi) is 4.20. The first kappa shape index (κ1) is 16.8. The fourth-order valence-electron chi connectivity index (χ4n) is 5.57. The minimum atomic E-state index is 0.514. The Hall–Kier alpha value is -0.0400. The van der Waals surface area contributed by atoms with Crippen LogP contribution < -0.4 is 0 Å². The molecule has 1 aliphatic heterocycles. The van der Waals surface area contributed by atoms with Gasteiger partial charge in [0.05, 0.1) is 0 Å². The van der Waals surface area contributed by atoms with Gasteiger partial charge in [0.2, 0.25) is 0 Å². The maximum Gasteiger partial charge on any atom is 0.00101 e. The molecule has 0 aromatic carbocycles. The average Bonchev–Trinajstić information content (AvgIpc) is 2.28. The van der Waals surface area contributed by atoms with Crippen LogP contribution in [0.25, 0.3) is 0 Å². The highest BCUT2D eigenvalue weighted by molar-refractivity contribution is 5.05.